The molecule has 2 aromatic rings. The van der Waals surface area contributed by atoms with Crippen molar-refractivity contribution in [3.8, 4) is 17.2 Å². The maximum atomic E-state index is 12.1. The van der Waals surface area contributed by atoms with Gasteiger partial charge in [-0.3, -0.25) is 0 Å². The normalized spacial score (nSPS) is 21.0. The van der Waals surface area contributed by atoms with E-state index in [0.717, 1.165) is 6.61 Å². The number of esters is 1. The third kappa shape index (κ3) is 4.04. The summed E-state index contributed by atoms with van der Waals surface area (Å²) >= 11 is 0. The minimum Gasteiger partial charge on any atom is -0.491 e. The summed E-state index contributed by atoms with van der Waals surface area (Å²) in [6.07, 6.45) is 0.0543. The number of rotatable bonds is 7. The van der Waals surface area contributed by atoms with Gasteiger partial charge in [-0.2, -0.15) is 0 Å². The Bertz CT molecular complexity index is 701. The van der Waals surface area contributed by atoms with Gasteiger partial charge >= 0.3 is 5.97 Å². The van der Waals surface area contributed by atoms with Crippen LogP contribution < -0.4 is 14.2 Å². The van der Waals surface area contributed by atoms with Crippen LogP contribution in [0.3, 0.4) is 0 Å². The highest BCUT2D eigenvalue weighted by atomic mass is 16.8. The number of carbonyl (C=O) groups is 1. The van der Waals surface area contributed by atoms with E-state index in [0.29, 0.717) is 36.0 Å². The SMILES string of the molecule is O=C(Oc1ccc(OC2CO2)cc1)c1ccc(OCC2CO2)cc1. The van der Waals surface area contributed by atoms with Crippen LogP contribution in [0.4, 0.5) is 0 Å². The summed E-state index contributed by atoms with van der Waals surface area (Å²) in [5.74, 6) is 1.41. The summed E-state index contributed by atoms with van der Waals surface area (Å²) < 4.78 is 26.4. The lowest BCUT2D eigenvalue weighted by Gasteiger charge is -2.07. The number of hydrogen-bond acceptors (Lipinski definition) is 6. The molecule has 2 saturated heterocycles. The lowest BCUT2D eigenvalue weighted by atomic mass is 10.2. The maximum Gasteiger partial charge on any atom is 0.343 e. The van der Waals surface area contributed by atoms with Crippen molar-refractivity contribution in [2.75, 3.05) is 19.8 Å². The summed E-state index contributed by atoms with van der Waals surface area (Å²) in [5.41, 5.74) is 0.455. The van der Waals surface area contributed by atoms with E-state index in [1.807, 2.05) is 0 Å². The van der Waals surface area contributed by atoms with E-state index >= 15 is 0 Å². The Morgan fingerprint density at radius 2 is 1.54 bits per heavy atom. The summed E-state index contributed by atoms with van der Waals surface area (Å²) in [7, 11) is 0. The van der Waals surface area contributed by atoms with Crippen LogP contribution in [0.15, 0.2) is 48.5 Å². The van der Waals surface area contributed by atoms with Crippen molar-refractivity contribution >= 4 is 5.97 Å². The second kappa shape index (κ2) is 6.51. The highest BCUT2D eigenvalue weighted by molar-refractivity contribution is 5.91. The smallest absolute Gasteiger partial charge is 0.343 e. The Hall–Kier alpha value is -2.57. The molecule has 0 radical (unpaired) electrons. The van der Waals surface area contributed by atoms with Gasteiger partial charge in [0.15, 0.2) is 0 Å². The van der Waals surface area contributed by atoms with E-state index in [4.69, 9.17) is 23.7 Å². The van der Waals surface area contributed by atoms with Crippen molar-refractivity contribution in [1.82, 2.24) is 0 Å². The second-order valence-electron chi connectivity index (χ2n) is 5.53. The van der Waals surface area contributed by atoms with E-state index in [-0.39, 0.29) is 12.4 Å². The fourth-order valence-electron chi connectivity index (χ4n) is 2.05. The van der Waals surface area contributed by atoms with Gasteiger partial charge in [-0.1, -0.05) is 0 Å². The van der Waals surface area contributed by atoms with Gasteiger partial charge in [-0.15, -0.1) is 0 Å². The van der Waals surface area contributed by atoms with E-state index in [1.165, 1.54) is 0 Å². The van der Waals surface area contributed by atoms with Gasteiger partial charge in [0.05, 0.1) is 12.2 Å². The fourth-order valence-corrected chi connectivity index (χ4v) is 2.05. The van der Waals surface area contributed by atoms with Crippen molar-refractivity contribution in [3.05, 3.63) is 54.1 Å². The van der Waals surface area contributed by atoms with Gasteiger partial charge < -0.3 is 23.7 Å². The average molecular weight is 328 g/mol. The largest absolute Gasteiger partial charge is 0.491 e. The fraction of sp³-hybridized carbons (Fsp3) is 0.278. The molecule has 124 valence electrons. The van der Waals surface area contributed by atoms with Crippen LogP contribution in [0.2, 0.25) is 0 Å². The molecule has 0 saturated carbocycles. The molecular weight excluding hydrogens is 312 g/mol. The molecule has 4 rings (SSSR count). The minimum absolute atomic E-state index is 0.148. The Labute approximate surface area is 138 Å². The van der Waals surface area contributed by atoms with Crippen LogP contribution >= 0.6 is 0 Å². The van der Waals surface area contributed by atoms with Crippen molar-refractivity contribution in [2.45, 2.75) is 12.4 Å². The summed E-state index contributed by atoms with van der Waals surface area (Å²) in [4.78, 5) is 12.1. The van der Waals surface area contributed by atoms with Crippen molar-refractivity contribution in [3.63, 3.8) is 0 Å². The van der Waals surface area contributed by atoms with Gasteiger partial charge in [0.1, 0.15) is 36.6 Å². The predicted octanol–water partition coefficient (Wildman–Crippen LogP) is 2.42. The summed E-state index contributed by atoms with van der Waals surface area (Å²) in [5, 5.41) is 0. The van der Waals surface area contributed by atoms with Crippen molar-refractivity contribution in [2.24, 2.45) is 0 Å². The van der Waals surface area contributed by atoms with E-state index in [2.05, 4.69) is 0 Å². The zero-order valence-electron chi connectivity index (χ0n) is 12.8. The maximum absolute atomic E-state index is 12.1. The highest BCUT2D eigenvalue weighted by Crippen LogP contribution is 2.23. The van der Waals surface area contributed by atoms with Crippen molar-refractivity contribution in [1.29, 1.82) is 0 Å². The summed E-state index contributed by atoms with van der Waals surface area (Å²) in [6.45, 7) is 1.90. The molecule has 6 nitrogen and oxygen atoms in total. The van der Waals surface area contributed by atoms with Crippen LogP contribution in [0.5, 0.6) is 17.2 Å². The van der Waals surface area contributed by atoms with Crippen molar-refractivity contribution < 1.29 is 28.5 Å². The molecule has 0 N–H and O–H groups in total. The lowest BCUT2D eigenvalue weighted by Crippen LogP contribution is -2.09. The quantitative estimate of drug-likeness (QED) is 0.442. The van der Waals surface area contributed by atoms with Gasteiger partial charge in [-0.25, -0.2) is 4.79 Å². The first-order chi connectivity index (χ1) is 11.8. The highest BCUT2D eigenvalue weighted by Gasteiger charge is 2.24. The molecular formula is C18H16O6. The molecule has 0 amide bonds. The first-order valence-corrected chi connectivity index (χ1v) is 7.71. The zero-order chi connectivity index (χ0) is 16.4. The van der Waals surface area contributed by atoms with Crippen LogP contribution in [-0.4, -0.2) is 38.2 Å². The second-order valence-corrected chi connectivity index (χ2v) is 5.53. The molecule has 2 aromatic carbocycles. The van der Waals surface area contributed by atoms with Crippen LogP contribution in [0.25, 0.3) is 0 Å². The first-order valence-electron chi connectivity index (χ1n) is 7.71. The van der Waals surface area contributed by atoms with Crippen LogP contribution in [0.1, 0.15) is 10.4 Å². The molecule has 24 heavy (non-hydrogen) atoms. The molecule has 0 aliphatic carbocycles. The van der Waals surface area contributed by atoms with E-state index in [1.54, 1.807) is 48.5 Å². The molecule has 0 spiro atoms. The Balaban J connectivity index is 1.32. The molecule has 0 bridgehead atoms. The molecule has 2 aliphatic rings. The lowest BCUT2D eigenvalue weighted by molar-refractivity contribution is 0.0734. The monoisotopic (exact) mass is 328 g/mol. The predicted molar refractivity (Wildman–Crippen MR) is 83.4 cm³/mol. The standard InChI is InChI=1S/C18H16O6/c19-18(12-1-3-13(4-2-12)20-9-16-10-21-16)24-15-7-5-14(6-8-15)23-17-11-22-17/h1-8,16-17H,9-11H2. The number of carbonyl (C=O) groups excluding carboxylic acids is 1. The molecule has 2 heterocycles. The van der Waals surface area contributed by atoms with E-state index < -0.39 is 5.97 Å². The zero-order valence-corrected chi connectivity index (χ0v) is 12.8. The number of benzene rings is 2. The molecule has 2 atom stereocenters. The third-order valence-corrected chi connectivity index (χ3v) is 3.53. The van der Waals surface area contributed by atoms with Gasteiger partial charge in [0.2, 0.25) is 6.29 Å². The van der Waals surface area contributed by atoms with Gasteiger partial charge in [0.25, 0.3) is 0 Å². The topological polar surface area (TPSA) is 69.8 Å². The number of hydrogen-bond donors (Lipinski definition) is 0. The average Bonchev–Trinajstić information content (AvgIpc) is 3.51. The minimum atomic E-state index is -0.425. The molecule has 0 aromatic heterocycles. The van der Waals surface area contributed by atoms with Gasteiger partial charge in [0, 0.05) is 0 Å². The number of ether oxygens (including phenoxy) is 5. The van der Waals surface area contributed by atoms with Crippen LogP contribution in [0, 0.1) is 0 Å². The third-order valence-electron chi connectivity index (χ3n) is 3.53. The molecule has 6 heteroatoms. The Morgan fingerprint density at radius 1 is 0.917 bits per heavy atom. The molecule has 2 fully saturated rings. The Morgan fingerprint density at radius 3 is 2.17 bits per heavy atom. The number of epoxide rings is 2. The molecule has 2 aliphatic heterocycles. The Kier molecular flexibility index (Phi) is 4.06. The first kappa shape index (κ1) is 15.0. The van der Waals surface area contributed by atoms with Crippen LogP contribution in [-0.2, 0) is 9.47 Å². The van der Waals surface area contributed by atoms with Gasteiger partial charge in [-0.05, 0) is 48.5 Å². The molecule has 2 unspecified atom stereocenters. The van der Waals surface area contributed by atoms with E-state index in [9.17, 15) is 4.79 Å². The summed E-state index contributed by atoms with van der Waals surface area (Å²) in [6, 6.07) is 13.7.